The molecule has 0 aromatic heterocycles. The van der Waals surface area contributed by atoms with Crippen molar-refractivity contribution in [2.24, 2.45) is 0 Å². The normalized spacial score (nSPS) is 15.3. The second-order valence-electron chi connectivity index (χ2n) is 4.42. The third-order valence-corrected chi connectivity index (χ3v) is 3.19. The summed E-state index contributed by atoms with van der Waals surface area (Å²) in [6, 6.07) is 4.89. The van der Waals surface area contributed by atoms with Gasteiger partial charge < -0.3 is 15.7 Å². The van der Waals surface area contributed by atoms with Crippen LogP contribution in [-0.4, -0.2) is 23.5 Å². The zero-order valence-corrected chi connectivity index (χ0v) is 9.98. The molecule has 1 aromatic rings. The predicted molar refractivity (Wildman–Crippen MR) is 67.5 cm³/mol. The minimum absolute atomic E-state index is 0.189. The maximum absolute atomic E-state index is 12.0. The molecule has 2 rings (SSSR count). The summed E-state index contributed by atoms with van der Waals surface area (Å²) in [5.41, 5.74) is 0.429. The average Bonchev–Trinajstić information content (AvgIpc) is 2.85. The summed E-state index contributed by atoms with van der Waals surface area (Å²) >= 11 is 0. The number of phenolic OH excluding ortho intramolecular Hbond substituents is 1. The van der Waals surface area contributed by atoms with E-state index in [-0.39, 0.29) is 28.9 Å². The predicted octanol–water partition coefficient (Wildman–Crippen LogP) is 1.63. The monoisotopic (exact) mass is 248 g/mol. The van der Waals surface area contributed by atoms with Gasteiger partial charge in [-0.05, 0) is 25.0 Å². The highest BCUT2D eigenvalue weighted by atomic mass is 16.3. The molecule has 0 heterocycles. The van der Waals surface area contributed by atoms with Crippen LogP contribution in [0.2, 0.25) is 0 Å². The van der Waals surface area contributed by atoms with E-state index in [1.54, 1.807) is 6.07 Å². The second-order valence-corrected chi connectivity index (χ2v) is 4.42. The van der Waals surface area contributed by atoms with Gasteiger partial charge in [0.25, 0.3) is 5.91 Å². The number of amides is 2. The van der Waals surface area contributed by atoms with Crippen LogP contribution >= 0.6 is 0 Å². The van der Waals surface area contributed by atoms with Crippen molar-refractivity contribution >= 4 is 18.0 Å². The number of rotatable bonds is 4. The summed E-state index contributed by atoms with van der Waals surface area (Å²) in [6.45, 7) is 0. The Kier molecular flexibility index (Phi) is 3.82. The van der Waals surface area contributed by atoms with Crippen molar-refractivity contribution in [1.29, 1.82) is 0 Å². The van der Waals surface area contributed by atoms with Crippen molar-refractivity contribution in [2.45, 2.75) is 31.7 Å². The lowest BCUT2D eigenvalue weighted by molar-refractivity contribution is -0.105. The van der Waals surface area contributed by atoms with Crippen LogP contribution in [0.5, 0.6) is 5.75 Å². The van der Waals surface area contributed by atoms with Gasteiger partial charge in [0, 0.05) is 6.04 Å². The maximum atomic E-state index is 12.0. The quantitative estimate of drug-likeness (QED) is 0.559. The van der Waals surface area contributed by atoms with Crippen LogP contribution in [-0.2, 0) is 4.79 Å². The van der Waals surface area contributed by atoms with Crippen molar-refractivity contribution in [1.82, 2.24) is 5.32 Å². The largest absolute Gasteiger partial charge is 0.505 e. The first-order valence-electron chi connectivity index (χ1n) is 6.05. The van der Waals surface area contributed by atoms with E-state index < -0.39 is 0 Å². The van der Waals surface area contributed by atoms with Crippen LogP contribution in [0, 0.1) is 0 Å². The zero-order valence-electron chi connectivity index (χ0n) is 9.98. The van der Waals surface area contributed by atoms with Gasteiger partial charge >= 0.3 is 0 Å². The fourth-order valence-electron chi connectivity index (χ4n) is 2.24. The number of phenols is 1. The standard InChI is InChI=1S/C13H16N2O3/c16-8-14-11-7-3-6-10(12(11)17)13(18)15-9-4-1-2-5-9/h3,6-9,17H,1-2,4-5H2,(H,14,16)(H,15,18). The van der Waals surface area contributed by atoms with Gasteiger partial charge in [-0.1, -0.05) is 18.9 Å². The first kappa shape index (κ1) is 12.4. The topological polar surface area (TPSA) is 78.4 Å². The Morgan fingerprint density at radius 2 is 2.06 bits per heavy atom. The minimum atomic E-state index is -0.297. The molecule has 0 spiro atoms. The molecule has 1 aliphatic rings. The first-order valence-corrected chi connectivity index (χ1v) is 6.05. The fraction of sp³-hybridized carbons (Fsp3) is 0.385. The molecule has 5 heteroatoms. The van der Waals surface area contributed by atoms with Gasteiger partial charge in [-0.15, -0.1) is 0 Å². The van der Waals surface area contributed by atoms with Gasteiger partial charge in [0.05, 0.1) is 11.3 Å². The Labute approximate surface area is 105 Å². The summed E-state index contributed by atoms with van der Waals surface area (Å²) in [4.78, 5) is 22.4. The van der Waals surface area contributed by atoms with Crippen LogP contribution in [0.15, 0.2) is 18.2 Å². The molecule has 2 amide bonds. The Hall–Kier alpha value is -2.04. The number of aromatic hydroxyl groups is 1. The molecule has 1 fully saturated rings. The Balaban J connectivity index is 2.13. The van der Waals surface area contributed by atoms with E-state index in [2.05, 4.69) is 10.6 Å². The van der Waals surface area contributed by atoms with Gasteiger partial charge in [-0.25, -0.2) is 0 Å². The fourth-order valence-corrected chi connectivity index (χ4v) is 2.24. The molecule has 18 heavy (non-hydrogen) atoms. The molecule has 0 aliphatic heterocycles. The number of nitrogens with one attached hydrogen (secondary N) is 2. The van der Waals surface area contributed by atoms with Gasteiger partial charge in [-0.3, -0.25) is 9.59 Å². The summed E-state index contributed by atoms with van der Waals surface area (Å²) < 4.78 is 0. The van der Waals surface area contributed by atoms with Gasteiger partial charge in [0.2, 0.25) is 6.41 Å². The van der Waals surface area contributed by atoms with E-state index in [0.29, 0.717) is 6.41 Å². The smallest absolute Gasteiger partial charge is 0.255 e. The molecule has 1 aliphatic carbocycles. The summed E-state index contributed by atoms with van der Waals surface area (Å²) in [6.07, 6.45) is 4.69. The number of carbonyl (C=O) groups excluding carboxylic acids is 2. The van der Waals surface area contributed by atoms with Gasteiger partial charge in [0.15, 0.2) is 5.75 Å². The lowest BCUT2D eigenvalue weighted by Crippen LogP contribution is -2.32. The number of anilines is 1. The number of para-hydroxylation sites is 1. The van der Waals surface area contributed by atoms with Crippen molar-refractivity contribution in [3.63, 3.8) is 0 Å². The SMILES string of the molecule is O=CNc1cccc(C(=O)NC2CCCC2)c1O. The van der Waals surface area contributed by atoms with Crippen molar-refractivity contribution in [3.05, 3.63) is 23.8 Å². The zero-order chi connectivity index (χ0) is 13.0. The van der Waals surface area contributed by atoms with E-state index in [1.165, 1.54) is 12.1 Å². The maximum Gasteiger partial charge on any atom is 0.255 e. The minimum Gasteiger partial charge on any atom is -0.505 e. The summed E-state index contributed by atoms with van der Waals surface area (Å²) in [7, 11) is 0. The number of carbonyl (C=O) groups is 2. The van der Waals surface area contributed by atoms with E-state index in [1.807, 2.05) is 0 Å². The van der Waals surface area contributed by atoms with Crippen LogP contribution < -0.4 is 10.6 Å². The highest BCUT2D eigenvalue weighted by Gasteiger charge is 2.20. The number of hydrogen-bond acceptors (Lipinski definition) is 3. The highest BCUT2D eigenvalue weighted by Crippen LogP contribution is 2.27. The second kappa shape index (κ2) is 5.53. The Morgan fingerprint density at radius 3 is 2.72 bits per heavy atom. The molecular formula is C13H16N2O3. The average molecular weight is 248 g/mol. The van der Waals surface area contributed by atoms with Crippen molar-refractivity contribution in [2.75, 3.05) is 5.32 Å². The van der Waals surface area contributed by atoms with E-state index in [0.717, 1.165) is 25.7 Å². The van der Waals surface area contributed by atoms with E-state index >= 15 is 0 Å². The van der Waals surface area contributed by atoms with Gasteiger partial charge in [-0.2, -0.15) is 0 Å². The third kappa shape index (κ3) is 2.61. The van der Waals surface area contributed by atoms with Crippen LogP contribution in [0.25, 0.3) is 0 Å². The lowest BCUT2D eigenvalue weighted by atomic mass is 10.1. The van der Waals surface area contributed by atoms with Gasteiger partial charge in [0.1, 0.15) is 0 Å². The Morgan fingerprint density at radius 1 is 1.33 bits per heavy atom. The highest BCUT2D eigenvalue weighted by molar-refractivity contribution is 5.99. The molecule has 0 radical (unpaired) electrons. The molecule has 0 bridgehead atoms. The van der Waals surface area contributed by atoms with E-state index in [9.17, 15) is 14.7 Å². The van der Waals surface area contributed by atoms with E-state index in [4.69, 9.17) is 0 Å². The summed E-state index contributed by atoms with van der Waals surface area (Å²) in [5.74, 6) is -0.492. The van der Waals surface area contributed by atoms with Crippen LogP contribution in [0.3, 0.4) is 0 Å². The molecule has 1 saturated carbocycles. The molecular weight excluding hydrogens is 232 g/mol. The Bertz CT molecular complexity index is 454. The molecule has 0 saturated heterocycles. The molecule has 0 atom stereocenters. The molecule has 0 unspecified atom stereocenters. The third-order valence-electron chi connectivity index (χ3n) is 3.19. The lowest BCUT2D eigenvalue weighted by Gasteiger charge is -2.13. The summed E-state index contributed by atoms with van der Waals surface area (Å²) in [5, 5.41) is 15.1. The molecule has 5 nitrogen and oxygen atoms in total. The first-order chi connectivity index (χ1) is 8.72. The number of hydrogen-bond donors (Lipinski definition) is 3. The van der Waals surface area contributed by atoms with Crippen molar-refractivity contribution in [3.8, 4) is 5.75 Å². The van der Waals surface area contributed by atoms with Crippen LogP contribution in [0.1, 0.15) is 36.0 Å². The molecule has 3 N–H and O–H groups in total. The molecule has 96 valence electrons. The molecule has 1 aromatic carbocycles. The number of benzene rings is 1. The van der Waals surface area contributed by atoms with Crippen molar-refractivity contribution < 1.29 is 14.7 Å². The van der Waals surface area contributed by atoms with Crippen LogP contribution in [0.4, 0.5) is 5.69 Å².